The molecule has 0 aromatic heterocycles. The number of hydrogen-bond donors (Lipinski definition) is 3. The summed E-state index contributed by atoms with van der Waals surface area (Å²) in [6.07, 6.45) is 8.75. The van der Waals surface area contributed by atoms with Crippen molar-refractivity contribution < 1.29 is 62.4 Å². The van der Waals surface area contributed by atoms with Gasteiger partial charge in [0.25, 0.3) is 0 Å². The third-order valence-electron chi connectivity index (χ3n) is 14.0. The highest BCUT2D eigenvalue weighted by Gasteiger charge is 2.58. The van der Waals surface area contributed by atoms with Gasteiger partial charge < -0.3 is 34.1 Å². The summed E-state index contributed by atoms with van der Waals surface area (Å²) in [5.74, 6) is -0.939. The second-order valence-electron chi connectivity index (χ2n) is 18.7. The van der Waals surface area contributed by atoms with Gasteiger partial charge in [-0.3, -0.25) is 24.5 Å². The Labute approximate surface area is 408 Å². The van der Waals surface area contributed by atoms with Gasteiger partial charge in [0.05, 0.1) is 49.1 Å². The van der Waals surface area contributed by atoms with Crippen molar-refractivity contribution in [3.63, 3.8) is 0 Å². The Morgan fingerprint density at radius 2 is 1.51 bits per heavy atom. The SMILES string of the molecule is C#CCOCCOC(=O)CNCC(=O)Nc1ccc(C(=O)c2ccc(C(=O)OCCC(=O)CC[C@]3(C)C(O)CC[C@]4(C)C3CCC(=C)[C@H]4CC(OC(=O)c3ccc(C)cc3)C3=CCOC3=O)cc2)cc1. The number of nitrogens with one attached hydrogen (secondary N) is 2. The predicted octanol–water partition coefficient (Wildman–Crippen LogP) is 6.69. The lowest BCUT2D eigenvalue weighted by molar-refractivity contribution is -0.145. The Balaban J connectivity index is 0.964. The fourth-order valence-electron chi connectivity index (χ4n) is 10.1. The fourth-order valence-corrected chi connectivity index (χ4v) is 10.1. The molecule has 2 fully saturated rings. The molecule has 2 saturated carbocycles. The molecule has 6 rings (SSSR count). The number of aliphatic hydroxyl groups is 1. The maximum atomic E-state index is 13.4. The third-order valence-corrected chi connectivity index (χ3v) is 14.0. The first-order valence-electron chi connectivity index (χ1n) is 23.6. The topological polar surface area (TPSA) is 210 Å². The van der Waals surface area contributed by atoms with Crippen LogP contribution < -0.4 is 10.6 Å². The number of fused-ring (bicyclic) bond motifs is 1. The summed E-state index contributed by atoms with van der Waals surface area (Å²) in [4.78, 5) is 89.9. The predicted molar refractivity (Wildman–Crippen MR) is 258 cm³/mol. The number of benzene rings is 3. The van der Waals surface area contributed by atoms with Gasteiger partial charge in [0.15, 0.2) is 5.78 Å². The van der Waals surface area contributed by atoms with Gasteiger partial charge in [-0.25, -0.2) is 14.4 Å². The first kappa shape index (κ1) is 52.6. The molecule has 0 radical (unpaired) electrons. The van der Waals surface area contributed by atoms with E-state index < -0.39 is 47.4 Å². The number of aryl methyl sites for hydroxylation is 1. The summed E-state index contributed by atoms with van der Waals surface area (Å²) in [7, 11) is 0. The van der Waals surface area contributed by atoms with E-state index in [1.54, 1.807) is 42.5 Å². The Morgan fingerprint density at radius 3 is 2.19 bits per heavy atom. The summed E-state index contributed by atoms with van der Waals surface area (Å²) < 4.78 is 26.8. The Kier molecular flexibility index (Phi) is 18.2. The fraction of sp³-hybridized carbons (Fsp3) is 0.436. The van der Waals surface area contributed by atoms with Gasteiger partial charge in [-0.1, -0.05) is 61.7 Å². The zero-order valence-corrected chi connectivity index (χ0v) is 40.1. The second kappa shape index (κ2) is 24.2. The zero-order valence-electron chi connectivity index (χ0n) is 40.1. The van der Waals surface area contributed by atoms with E-state index in [0.717, 1.165) is 17.6 Å². The van der Waals surface area contributed by atoms with Crippen molar-refractivity contribution in [3.8, 4) is 12.3 Å². The molecule has 15 heteroatoms. The van der Waals surface area contributed by atoms with Crippen LogP contribution in [0.1, 0.15) is 107 Å². The van der Waals surface area contributed by atoms with Crippen LogP contribution in [0.5, 0.6) is 0 Å². The Bertz CT molecular complexity index is 2490. The Hall–Kier alpha value is -6.73. The van der Waals surface area contributed by atoms with Crippen molar-refractivity contribution in [2.45, 2.75) is 84.3 Å². The van der Waals surface area contributed by atoms with Crippen molar-refractivity contribution in [3.05, 3.63) is 124 Å². The van der Waals surface area contributed by atoms with E-state index in [1.165, 1.54) is 24.3 Å². The van der Waals surface area contributed by atoms with Gasteiger partial charge in [0.2, 0.25) is 5.91 Å². The maximum absolute atomic E-state index is 13.4. The summed E-state index contributed by atoms with van der Waals surface area (Å²) in [6, 6.07) is 19.3. The number of ether oxygens (including phenoxy) is 5. The molecular weight excluding hydrogens is 897 g/mol. The largest absolute Gasteiger partial charge is 0.462 e. The number of terminal acetylenes is 1. The van der Waals surface area contributed by atoms with Gasteiger partial charge in [-0.2, -0.15) is 0 Å². The molecule has 3 aromatic carbocycles. The number of hydrogen-bond acceptors (Lipinski definition) is 14. The molecule has 370 valence electrons. The minimum atomic E-state index is -0.864. The average molecular weight is 959 g/mol. The smallest absolute Gasteiger partial charge is 0.338 e. The highest BCUT2D eigenvalue weighted by Crippen LogP contribution is 2.63. The number of cyclic esters (lactones) is 1. The minimum absolute atomic E-state index is 0.0122. The number of esters is 4. The number of amides is 1. The molecule has 1 heterocycles. The van der Waals surface area contributed by atoms with E-state index in [1.807, 2.05) is 26.0 Å². The van der Waals surface area contributed by atoms with Crippen LogP contribution in [0.3, 0.4) is 0 Å². The van der Waals surface area contributed by atoms with Crippen LogP contribution in [-0.2, 0) is 42.9 Å². The molecule has 1 aliphatic heterocycles. The number of carbonyl (C=O) groups is 7. The molecule has 70 heavy (non-hydrogen) atoms. The quantitative estimate of drug-likeness (QED) is 0.0226. The molecule has 0 bridgehead atoms. The summed E-state index contributed by atoms with van der Waals surface area (Å²) in [5.41, 5.74) is 2.99. The lowest BCUT2D eigenvalue weighted by Crippen LogP contribution is -2.56. The number of rotatable bonds is 23. The molecule has 3 unspecified atom stereocenters. The lowest BCUT2D eigenvalue weighted by Gasteiger charge is -2.60. The molecule has 0 spiro atoms. The second-order valence-corrected chi connectivity index (χ2v) is 18.7. The molecule has 15 nitrogen and oxygen atoms in total. The number of ketones is 2. The minimum Gasteiger partial charge on any atom is -0.462 e. The van der Waals surface area contributed by atoms with Crippen molar-refractivity contribution in [1.29, 1.82) is 0 Å². The molecule has 2 aliphatic carbocycles. The highest BCUT2D eigenvalue weighted by atomic mass is 16.6. The van der Waals surface area contributed by atoms with Crippen molar-refractivity contribution >= 4 is 47.0 Å². The highest BCUT2D eigenvalue weighted by molar-refractivity contribution is 6.09. The maximum Gasteiger partial charge on any atom is 0.338 e. The number of anilines is 1. The van der Waals surface area contributed by atoms with Crippen molar-refractivity contribution in [1.82, 2.24) is 5.32 Å². The first-order chi connectivity index (χ1) is 33.5. The molecular formula is C55H62N2O13. The van der Waals surface area contributed by atoms with Gasteiger partial charge in [0, 0.05) is 29.7 Å². The van der Waals surface area contributed by atoms with Crippen LogP contribution >= 0.6 is 0 Å². The van der Waals surface area contributed by atoms with Gasteiger partial charge in [-0.15, -0.1) is 6.42 Å². The van der Waals surface area contributed by atoms with Crippen LogP contribution in [0.2, 0.25) is 0 Å². The van der Waals surface area contributed by atoms with Crippen molar-refractivity contribution in [2.24, 2.45) is 22.7 Å². The normalized spacial score (nSPS) is 22.0. The molecule has 3 aliphatic rings. The lowest BCUT2D eigenvalue weighted by atomic mass is 9.45. The summed E-state index contributed by atoms with van der Waals surface area (Å²) in [5, 5.41) is 17.0. The first-order valence-corrected chi connectivity index (χ1v) is 23.6. The summed E-state index contributed by atoms with van der Waals surface area (Å²) >= 11 is 0. The van der Waals surface area contributed by atoms with E-state index in [-0.39, 0.29) is 93.3 Å². The number of Topliss-reactive ketones (excluding diaryl/α,β-unsaturated/α-hetero) is 1. The average Bonchev–Trinajstić information content (AvgIpc) is 3.78. The van der Waals surface area contributed by atoms with E-state index in [4.69, 9.17) is 30.1 Å². The summed E-state index contributed by atoms with van der Waals surface area (Å²) in [6.45, 7) is 10.6. The van der Waals surface area contributed by atoms with E-state index in [0.29, 0.717) is 60.1 Å². The van der Waals surface area contributed by atoms with Gasteiger partial charge in [-0.05, 0) is 123 Å². The van der Waals surface area contributed by atoms with Gasteiger partial charge in [0.1, 0.15) is 31.7 Å². The number of allylic oxidation sites excluding steroid dienone is 1. The number of aliphatic hydroxyl groups excluding tert-OH is 1. The van der Waals surface area contributed by atoms with E-state index >= 15 is 0 Å². The third kappa shape index (κ3) is 13.3. The molecule has 3 aromatic rings. The van der Waals surface area contributed by atoms with Gasteiger partial charge >= 0.3 is 23.9 Å². The van der Waals surface area contributed by atoms with E-state index in [2.05, 4.69) is 30.1 Å². The van der Waals surface area contributed by atoms with Crippen LogP contribution in [-0.4, -0.2) is 105 Å². The van der Waals surface area contributed by atoms with Crippen LogP contribution in [0, 0.1) is 41.9 Å². The monoisotopic (exact) mass is 958 g/mol. The zero-order chi connectivity index (χ0) is 50.4. The molecule has 0 saturated heterocycles. The molecule has 1 amide bonds. The Morgan fingerprint density at radius 1 is 0.857 bits per heavy atom. The standard InChI is InChI=1S/C55H62N2O13/c1-6-27-66-30-31-67-49(61)34-56-33-48(60)57-41-18-16-38(17-19-41)50(62)37-12-14-39(15-13-37)51(63)68-28-23-42(58)21-25-55(5)46-20-9-36(3)44(54(46,4)26-22-47(55)59)32-45(43-24-29-69-53(43)65)70-52(64)40-10-7-35(2)8-11-40/h1,7-8,10-19,24,44-47,56,59H,3,9,20-23,25-34H2,2,4-5H3,(H,57,60)/t44-,45?,46?,47?,54+,55+/m1/s1. The molecule has 6 atom stereocenters. The van der Waals surface area contributed by atoms with Crippen LogP contribution in [0.15, 0.2) is 96.6 Å². The number of carbonyl (C=O) groups excluding carboxylic acids is 7. The van der Waals surface area contributed by atoms with Crippen LogP contribution in [0.4, 0.5) is 5.69 Å². The van der Waals surface area contributed by atoms with Crippen LogP contribution in [0.25, 0.3) is 0 Å². The van der Waals surface area contributed by atoms with E-state index in [9.17, 15) is 38.7 Å². The molecule has 3 N–H and O–H groups in total. The van der Waals surface area contributed by atoms with Crippen molar-refractivity contribution in [2.75, 3.05) is 51.4 Å².